The Bertz CT molecular complexity index is 189. The highest BCUT2D eigenvalue weighted by molar-refractivity contribution is 4.88. The van der Waals surface area contributed by atoms with Gasteiger partial charge in [0.25, 0.3) is 0 Å². The summed E-state index contributed by atoms with van der Waals surface area (Å²) in [6.07, 6.45) is 6.93. The largest absolute Gasteiger partial charge is 0.313 e. The molecule has 0 bridgehead atoms. The molecule has 88 valence electrons. The van der Waals surface area contributed by atoms with Crippen molar-refractivity contribution in [3.8, 4) is 0 Å². The van der Waals surface area contributed by atoms with Crippen LogP contribution in [0.4, 0.5) is 0 Å². The van der Waals surface area contributed by atoms with Gasteiger partial charge < -0.3 is 5.32 Å². The zero-order chi connectivity index (χ0) is 10.7. The van der Waals surface area contributed by atoms with E-state index in [4.69, 9.17) is 0 Å². The minimum absolute atomic E-state index is 0.749. The zero-order valence-electron chi connectivity index (χ0n) is 10.3. The van der Waals surface area contributed by atoms with Gasteiger partial charge in [0.05, 0.1) is 0 Å². The molecule has 2 nitrogen and oxygen atoms in total. The van der Waals surface area contributed by atoms with Crippen LogP contribution in [0.2, 0.25) is 0 Å². The summed E-state index contributed by atoms with van der Waals surface area (Å²) in [4.78, 5) is 2.73. The highest BCUT2D eigenvalue weighted by Gasteiger charge is 2.33. The molecule has 1 aliphatic carbocycles. The van der Waals surface area contributed by atoms with Crippen LogP contribution in [0.15, 0.2) is 0 Å². The molecule has 1 saturated carbocycles. The van der Waals surface area contributed by atoms with Crippen LogP contribution in [-0.2, 0) is 0 Å². The maximum Gasteiger partial charge on any atom is 0.0195 e. The minimum atomic E-state index is 0.749. The van der Waals surface area contributed by atoms with Crippen LogP contribution < -0.4 is 5.32 Å². The molecule has 0 radical (unpaired) electrons. The van der Waals surface area contributed by atoms with Gasteiger partial charge in [0, 0.05) is 18.6 Å². The lowest BCUT2D eigenvalue weighted by atomic mass is 10.1. The van der Waals surface area contributed by atoms with E-state index in [0.29, 0.717) is 0 Å². The molecule has 1 aliphatic heterocycles. The highest BCUT2D eigenvalue weighted by Crippen LogP contribution is 2.35. The van der Waals surface area contributed by atoms with E-state index in [-0.39, 0.29) is 0 Å². The number of nitrogens with zero attached hydrogens (tertiary/aromatic N) is 1. The molecular formula is C13H26N2. The second kappa shape index (κ2) is 5.31. The van der Waals surface area contributed by atoms with Gasteiger partial charge in [-0.15, -0.1) is 0 Å². The Morgan fingerprint density at radius 3 is 2.87 bits per heavy atom. The molecule has 1 N–H and O–H groups in total. The van der Waals surface area contributed by atoms with Crippen molar-refractivity contribution < 1.29 is 0 Å². The van der Waals surface area contributed by atoms with E-state index in [2.05, 4.69) is 24.1 Å². The van der Waals surface area contributed by atoms with Crippen molar-refractivity contribution in [2.45, 2.75) is 58.0 Å². The van der Waals surface area contributed by atoms with Gasteiger partial charge in [0.15, 0.2) is 0 Å². The van der Waals surface area contributed by atoms with E-state index >= 15 is 0 Å². The molecule has 2 unspecified atom stereocenters. The zero-order valence-corrected chi connectivity index (χ0v) is 10.3. The molecule has 0 aromatic rings. The Hall–Kier alpha value is -0.0800. The van der Waals surface area contributed by atoms with Crippen molar-refractivity contribution in [1.82, 2.24) is 10.2 Å². The Morgan fingerprint density at radius 2 is 2.20 bits per heavy atom. The van der Waals surface area contributed by atoms with Crippen LogP contribution in [0.1, 0.15) is 46.0 Å². The summed E-state index contributed by atoms with van der Waals surface area (Å²) in [5.74, 6) is 1.02. The summed E-state index contributed by atoms with van der Waals surface area (Å²) in [5, 5.41) is 3.69. The second-order valence-electron chi connectivity index (χ2n) is 5.37. The van der Waals surface area contributed by atoms with Gasteiger partial charge in [-0.05, 0) is 51.6 Å². The van der Waals surface area contributed by atoms with E-state index < -0.39 is 0 Å². The summed E-state index contributed by atoms with van der Waals surface area (Å²) in [6.45, 7) is 8.54. The summed E-state index contributed by atoms with van der Waals surface area (Å²) in [7, 11) is 0. The van der Waals surface area contributed by atoms with Gasteiger partial charge in [0.2, 0.25) is 0 Å². The molecular weight excluding hydrogens is 184 g/mol. The van der Waals surface area contributed by atoms with E-state index in [1.165, 1.54) is 51.7 Å². The molecule has 2 atom stereocenters. The van der Waals surface area contributed by atoms with Crippen molar-refractivity contribution in [2.75, 3.05) is 19.6 Å². The van der Waals surface area contributed by atoms with Gasteiger partial charge in [0.1, 0.15) is 0 Å². The van der Waals surface area contributed by atoms with E-state index in [1.54, 1.807) is 0 Å². The van der Waals surface area contributed by atoms with Crippen molar-refractivity contribution in [2.24, 2.45) is 5.92 Å². The smallest absolute Gasteiger partial charge is 0.0195 e. The molecule has 0 amide bonds. The van der Waals surface area contributed by atoms with Gasteiger partial charge in [-0.25, -0.2) is 0 Å². The lowest BCUT2D eigenvalue weighted by molar-refractivity contribution is 0.184. The maximum absolute atomic E-state index is 3.69. The molecule has 15 heavy (non-hydrogen) atoms. The Labute approximate surface area is 94.4 Å². The standard InChI is InChI=1S/C13H26N2/c1-3-5-13-10-15(9-4-8-14-13)11(2)12-6-7-12/h11-14H,3-10H2,1-2H3. The fourth-order valence-corrected chi connectivity index (χ4v) is 2.82. The molecule has 2 fully saturated rings. The Morgan fingerprint density at radius 1 is 1.40 bits per heavy atom. The fraction of sp³-hybridized carbons (Fsp3) is 1.00. The molecule has 0 aromatic carbocycles. The quantitative estimate of drug-likeness (QED) is 0.765. The summed E-state index contributed by atoms with van der Waals surface area (Å²) < 4.78 is 0. The Kier molecular flexibility index (Phi) is 4.04. The van der Waals surface area contributed by atoms with Gasteiger partial charge in [-0.3, -0.25) is 4.90 Å². The first kappa shape index (κ1) is 11.4. The summed E-state index contributed by atoms with van der Waals surface area (Å²) >= 11 is 0. The third-order valence-corrected chi connectivity index (χ3v) is 4.03. The monoisotopic (exact) mass is 210 g/mol. The van der Waals surface area contributed by atoms with Crippen molar-refractivity contribution in [1.29, 1.82) is 0 Å². The van der Waals surface area contributed by atoms with Crippen LogP contribution in [0.3, 0.4) is 0 Å². The SMILES string of the molecule is CCCC1CN(C(C)C2CC2)CCCN1. The molecule has 0 aromatic heterocycles. The van der Waals surface area contributed by atoms with E-state index in [9.17, 15) is 0 Å². The first-order chi connectivity index (χ1) is 7.31. The third kappa shape index (κ3) is 3.18. The summed E-state index contributed by atoms with van der Waals surface area (Å²) in [5.41, 5.74) is 0. The number of hydrogen-bond acceptors (Lipinski definition) is 2. The average Bonchev–Trinajstić information content (AvgIpc) is 3.05. The highest BCUT2D eigenvalue weighted by atomic mass is 15.2. The average molecular weight is 210 g/mol. The van der Waals surface area contributed by atoms with Gasteiger partial charge in [-0.2, -0.15) is 0 Å². The van der Waals surface area contributed by atoms with Crippen molar-refractivity contribution >= 4 is 0 Å². The first-order valence-electron chi connectivity index (χ1n) is 6.78. The van der Waals surface area contributed by atoms with E-state index in [0.717, 1.165) is 18.0 Å². The topological polar surface area (TPSA) is 15.3 Å². The maximum atomic E-state index is 3.69. The van der Waals surface area contributed by atoms with Crippen LogP contribution in [0, 0.1) is 5.92 Å². The Balaban J connectivity index is 1.85. The van der Waals surface area contributed by atoms with Crippen molar-refractivity contribution in [3.05, 3.63) is 0 Å². The number of hydrogen-bond donors (Lipinski definition) is 1. The minimum Gasteiger partial charge on any atom is -0.313 e. The molecule has 2 aliphatic rings. The normalized spacial score (nSPS) is 31.2. The lowest BCUT2D eigenvalue weighted by Gasteiger charge is -2.30. The molecule has 2 rings (SSSR count). The van der Waals surface area contributed by atoms with Crippen LogP contribution in [0.25, 0.3) is 0 Å². The van der Waals surface area contributed by atoms with Gasteiger partial charge in [-0.1, -0.05) is 13.3 Å². The molecule has 1 heterocycles. The molecule has 2 heteroatoms. The number of rotatable bonds is 4. The number of nitrogens with one attached hydrogen (secondary N) is 1. The lowest BCUT2D eigenvalue weighted by Crippen LogP contribution is -2.42. The van der Waals surface area contributed by atoms with E-state index in [1.807, 2.05) is 0 Å². The second-order valence-corrected chi connectivity index (χ2v) is 5.37. The predicted octanol–water partition coefficient (Wildman–Crippen LogP) is 2.25. The third-order valence-electron chi connectivity index (χ3n) is 4.03. The van der Waals surface area contributed by atoms with Gasteiger partial charge >= 0.3 is 0 Å². The molecule has 1 saturated heterocycles. The fourth-order valence-electron chi connectivity index (χ4n) is 2.82. The molecule has 0 spiro atoms. The van der Waals surface area contributed by atoms with Crippen LogP contribution in [0.5, 0.6) is 0 Å². The first-order valence-corrected chi connectivity index (χ1v) is 6.78. The predicted molar refractivity (Wildman–Crippen MR) is 65.1 cm³/mol. The van der Waals surface area contributed by atoms with Crippen molar-refractivity contribution in [3.63, 3.8) is 0 Å². The van der Waals surface area contributed by atoms with Crippen LogP contribution >= 0.6 is 0 Å². The van der Waals surface area contributed by atoms with Crippen LogP contribution in [-0.4, -0.2) is 36.6 Å². The summed E-state index contributed by atoms with van der Waals surface area (Å²) in [6, 6.07) is 1.59.